The zero-order chi connectivity index (χ0) is 27.1. The summed E-state index contributed by atoms with van der Waals surface area (Å²) >= 11 is 0. The van der Waals surface area contributed by atoms with Crippen LogP contribution in [0.15, 0.2) is 70.6 Å². The van der Waals surface area contributed by atoms with Crippen LogP contribution in [0.3, 0.4) is 0 Å². The summed E-state index contributed by atoms with van der Waals surface area (Å²) in [5.74, 6) is 3.57. The molecule has 0 atom stereocenters. The Balaban J connectivity index is 1.36. The summed E-state index contributed by atoms with van der Waals surface area (Å²) in [6.07, 6.45) is 9.75. The molecule has 4 fully saturated rings. The average Bonchev–Trinajstić information content (AvgIpc) is 3.35. The van der Waals surface area contributed by atoms with E-state index in [0.29, 0.717) is 22.9 Å². The lowest BCUT2D eigenvalue weighted by Gasteiger charge is -2.53. The molecule has 0 spiro atoms. The number of nitrogens with zero attached hydrogens (tertiary/aromatic N) is 2. The van der Waals surface area contributed by atoms with Crippen molar-refractivity contribution in [2.75, 3.05) is 5.73 Å². The van der Waals surface area contributed by atoms with Gasteiger partial charge in [0.2, 0.25) is 0 Å². The van der Waals surface area contributed by atoms with Crippen molar-refractivity contribution in [1.82, 2.24) is 8.54 Å². The molecule has 8 rings (SSSR count). The second kappa shape index (κ2) is 8.74. The number of pyridine rings is 1. The van der Waals surface area contributed by atoms with Crippen LogP contribution < -0.4 is 16.0 Å². The van der Waals surface area contributed by atoms with Crippen molar-refractivity contribution in [3.63, 3.8) is 0 Å². The second-order valence-corrected chi connectivity index (χ2v) is 13.7. The van der Waals surface area contributed by atoms with Crippen LogP contribution in [-0.2, 0) is 17.1 Å². The molecule has 7 nitrogen and oxygen atoms in total. The molecular weight excluding hydrogens is 510 g/mol. The standard InChI is InChI=1S/C31H33N3O4S/c1-18-3-6-24(7-4-18)39(36,37)34-10-9-25-27(17-33(2)31(35)29(25)34)26-16-23(32)5-8-28(26)38-30-21-12-19-11-20(14-21)15-22(30)13-19/h3-10,16-17,19-22,30H,11-15,32H2,1-2H3. The third-order valence-corrected chi connectivity index (χ3v) is 11.0. The summed E-state index contributed by atoms with van der Waals surface area (Å²) < 4.78 is 36.6. The lowest BCUT2D eigenvalue weighted by atomic mass is 9.55. The van der Waals surface area contributed by atoms with E-state index >= 15 is 0 Å². The van der Waals surface area contributed by atoms with E-state index in [0.717, 1.165) is 38.2 Å². The first kappa shape index (κ1) is 24.5. The largest absolute Gasteiger partial charge is 0.489 e. The molecule has 4 aromatic rings. The second-order valence-electron chi connectivity index (χ2n) is 11.9. The van der Waals surface area contributed by atoms with Crippen LogP contribution in [0.25, 0.3) is 22.0 Å². The van der Waals surface area contributed by atoms with Gasteiger partial charge >= 0.3 is 0 Å². The number of aromatic nitrogens is 2. The quantitative estimate of drug-likeness (QED) is 0.343. The van der Waals surface area contributed by atoms with E-state index in [-0.39, 0.29) is 22.1 Å². The maximum Gasteiger partial charge on any atom is 0.275 e. The van der Waals surface area contributed by atoms with Crippen LogP contribution in [0.1, 0.15) is 37.7 Å². The van der Waals surface area contributed by atoms with Gasteiger partial charge in [0.15, 0.2) is 0 Å². The zero-order valence-electron chi connectivity index (χ0n) is 22.2. The predicted molar refractivity (Wildman–Crippen MR) is 152 cm³/mol. The van der Waals surface area contributed by atoms with Gasteiger partial charge in [0.25, 0.3) is 15.6 Å². The van der Waals surface area contributed by atoms with Gasteiger partial charge in [-0.2, -0.15) is 0 Å². The Bertz CT molecular complexity index is 1740. The van der Waals surface area contributed by atoms with Crippen molar-refractivity contribution in [1.29, 1.82) is 0 Å². The van der Waals surface area contributed by atoms with Gasteiger partial charge in [-0.1, -0.05) is 17.7 Å². The van der Waals surface area contributed by atoms with Crippen molar-refractivity contribution in [2.24, 2.45) is 30.7 Å². The first-order valence-electron chi connectivity index (χ1n) is 13.8. The number of hydrogen-bond acceptors (Lipinski definition) is 5. The van der Waals surface area contributed by atoms with Crippen molar-refractivity contribution >= 4 is 26.6 Å². The fraction of sp³-hybridized carbons (Fsp3) is 0.387. The molecule has 8 heteroatoms. The summed E-state index contributed by atoms with van der Waals surface area (Å²) in [5.41, 5.74) is 9.01. The minimum absolute atomic E-state index is 0.110. The highest BCUT2D eigenvalue weighted by Crippen LogP contribution is 2.55. The number of benzene rings is 2. The van der Waals surface area contributed by atoms with E-state index in [9.17, 15) is 13.2 Å². The van der Waals surface area contributed by atoms with Crippen LogP contribution in [0, 0.1) is 30.6 Å². The predicted octanol–water partition coefficient (Wildman–Crippen LogP) is 5.34. The molecule has 2 heterocycles. The monoisotopic (exact) mass is 543 g/mol. The van der Waals surface area contributed by atoms with Gasteiger partial charge in [0, 0.05) is 41.6 Å². The molecule has 2 N–H and O–H groups in total. The Morgan fingerprint density at radius 2 is 1.56 bits per heavy atom. The first-order valence-corrected chi connectivity index (χ1v) is 15.2. The van der Waals surface area contributed by atoms with E-state index in [4.69, 9.17) is 10.5 Å². The number of nitrogens with two attached hydrogens (primary N) is 1. The van der Waals surface area contributed by atoms with Crippen LogP contribution in [0.4, 0.5) is 5.69 Å². The lowest BCUT2D eigenvalue weighted by Crippen LogP contribution is -2.50. The van der Waals surface area contributed by atoms with Gasteiger partial charge in [-0.05, 0) is 99.1 Å². The third kappa shape index (κ3) is 3.91. The number of anilines is 1. The molecule has 0 aliphatic heterocycles. The van der Waals surface area contributed by atoms with Gasteiger partial charge in [0.1, 0.15) is 17.4 Å². The minimum Gasteiger partial charge on any atom is -0.489 e. The van der Waals surface area contributed by atoms with E-state index in [2.05, 4.69) is 0 Å². The molecule has 2 aromatic carbocycles. The van der Waals surface area contributed by atoms with Crippen molar-refractivity contribution < 1.29 is 13.2 Å². The number of rotatable bonds is 5. The summed E-state index contributed by atoms with van der Waals surface area (Å²) in [6, 6.07) is 14.0. The Kier molecular flexibility index (Phi) is 5.50. The minimum atomic E-state index is -3.98. The lowest BCUT2D eigenvalue weighted by molar-refractivity contribution is -0.0787. The van der Waals surface area contributed by atoms with Gasteiger partial charge in [-0.3, -0.25) is 4.79 Å². The van der Waals surface area contributed by atoms with Crippen molar-refractivity contribution in [2.45, 2.75) is 50.0 Å². The number of aryl methyl sites for hydroxylation is 2. The van der Waals surface area contributed by atoms with Crippen LogP contribution in [0.5, 0.6) is 5.75 Å². The van der Waals surface area contributed by atoms with Gasteiger partial charge in [-0.25, -0.2) is 12.4 Å². The fourth-order valence-electron chi connectivity index (χ4n) is 7.64. The maximum absolute atomic E-state index is 13.6. The Morgan fingerprint density at radius 1 is 0.897 bits per heavy atom. The molecule has 4 bridgehead atoms. The van der Waals surface area contributed by atoms with E-state index < -0.39 is 10.0 Å². The Hall–Kier alpha value is -3.52. The van der Waals surface area contributed by atoms with Crippen molar-refractivity contribution in [3.8, 4) is 16.9 Å². The number of ether oxygens (including phenoxy) is 1. The topological polar surface area (TPSA) is 96.3 Å². The van der Waals surface area contributed by atoms with E-state index in [1.165, 1.54) is 42.9 Å². The summed E-state index contributed by atoms with van der Waals surface area (Å²) in [7, 11) is -2.34. The summed E-state index contributed by atoms with van der Waals surface area (Å²) in [5, 5.41) is 0.550. The van der Waals surface area contributed by atoms with E-state index in [1.54, 1.807) is 43.6 Å². The van der Waals surface area contributed by atoms with Crippen molar-refractivity contribution in [3.05, 3.63) is 76.8 Å². The Labute approximate surface area is 228 Å². The van der Waals surface area contributed by atoms with Crippen LogP contribution in [0.2, 0.25) is 0 Å². The highest BCUT2D eigenvalue weighted by atomic mass is 32.2. The molecule has 0 unspecified atom stereocenters. The van der Waals surface area contributed by atoms with Gasteiger partial charge < -0.3 is 15.0 Å². The number of hydrogen-bond donors (Lipinski definition) is 1. The maximum atomic E-state index is 13.6. The molecule has 4 aliphatic carbocycles. The van der Waals surface area contributed by atoms with E-state index in [1.807, 2.05) is 25.1 Å². The number of nitrogen functional groups attached to an aromatic ring is 1. The normalized spacial score (nSPS) is 25.8. The SMILES string of the molecule is Cc1ccc(S(=O)(=O)n2ccc3c(-c4cc(N)ccc4OC4C5CC6CC(C5)CC4C6)cn(C)c(=O)c32)cc1. The Morgan fingerprint density at radius 3 is 2.23 bits per heavy atom. The highest BCUT2D eigenvalue weighted by Gasteiger charge is 2.49. The average molecular weight is 544 g/mol. The smallest absolute Gasteiger partial charge is 0.275 e. The highest BCUT2D eigenvalue weighted by molar-refractivity contribution is 7.90. The molecule has 0 radical (unpaired) electrons. The molecule has 4 aliphatic rings. The summed E-state index contributed by atoms with van der Waals surface area (Å²) in [6.45, 7) is 1.90. The van der Waals surface area contributed by atoms with Crippen LogP contribution >= 0.6 is 0 Å². The molecule has 4 saturated carbocycles. The number of fused-ring (bicyclic) bond motifs is 1. The van der Waals surface area contributed by atoms with Gasteiger partial charge in [-0.15, -0.1) is 0 Å². The molecule has 0 amide bonds. The molecule has 202 valence electrons. The third-order valence-electron chi connectivity index (χ3n) is 9.26. The zero-order valence-corrected chi connectivity index (χ0v) is 23.0. The summed E-state index contributed by atoms with van der Waals surface area (Å²) in [4.78, 5) is 13.5. The van der Waals surface area contributed by atoms with Gasteiger partial charge in [0.05, 0.1) is 4.90 Å². The first-order chi connectivity index (χ1) is 18.7. The van der Waals surface area contributed by atoms with Crippen LogP contribution in [-0.4, -0.2) is 23.1 Å². The fourth-order valence-corrected chi connectivity index (χ4v) is 8.99. The molecule has 39 heavy (non-hydrogen) atoms. The molecule has 0 saturated heterocycles. The molecule has 2 aromatic heterocycles. The molecular formula is C31H33N3O4S.